The molecule has 1 unspecified atom stereocenters. The van der Waals surface area contributed by atoms with E-state index >= 15 is 0 Å². The molecule has 0 saturated heterocycles. The summed E-state index contributed by atoms with van der Waals surface area (Å²) in [5, 5.41) is 4.81. The number of aryl methyl sites for hydroxylation is 1. The maximum atomic E-state index is 8.58. The summed E-state index contributed by atoms with van der Waals surface area (Å²) >= 11 is 8.30. The molecule has 1 atom stereocenters. The molecule has 3 aromatic rings. The van der Waals surface area contributed by atoms with Gasteiger partial charge in [-0.2, -0.15) is 11.8 Å². The number of thioether (sulfide) groups is 1. The van der Waals surface area contributed by atoms with Gasteiger partial charge in [-0.3, -0.25) is 4.79 Å². The van der Waals surface area contributed by atoms with Gasteiger partial charge in [0.05, 0.1) is 0 Å². The highest BCUT2D eigenvalue weighted by molar-refractivity contribution is 7.98. The second kappa shape index (κ2) is 16.2. The topological polar surface area (TPSA) is 78.3 Å². The monoisotopic (exact) mass is 504 g/mol. The third kappa shape index (κ3) is 9.43. The second-order valence-corrected chi connectivity index (χ2v) is 9.29. The normalized spacial score (nSPS) is 11.1. The number of nitrogens with two attached hydrogens (primary N) is 1. The van der Waals surface area contributed by atoms with Crippen LogP contribution in [0.4, 0.5) is 0 Å². The van der Waals surface area contributed by atoms with E-state index in [0.717, 1.165) is 28.5 Å². The molecule has 7 heteroatoms. The Morgan fingerprint density at radius 1 is 1.12 bits per heavy atom. The Morgan fingerprint density at radius 3 is 2.32 bits per heavy atom. The lowest BCUT2D eigenvalue weighted by molar-refractivity contribution is -0.106. The number of ether oxygens (including phenoxy) is 1. The molecule has 0 aliphatic carbocycles. The largest absolute Gasteiger partial charge is 0.480 e. The quantitative estimate of drug-likeness (QED) is 0.237. The van der Waals surface area contributed by atoms with Crippen molar-refractivity contribution in [1.29, 1.82) is 0 Å². The molecule has 0 bridgehead atoms. The minimum absolute atomic E-state index is 0.211. The van der Waals surface area contributed by atoms with Crippen molar-refractivity contribution in [3.8, 4) is 17.1 Å². The SMILES string of the molecule is CC.Cc1noc(-c2ccc(CSCCC(C)C)cc2)c1OC(C)c1ccccc1Cl.NC=O. The predicted molar refractivity (Wildman–Crippen MR) is 144 cm³/mol. The van der Waals surface area contributed by atoms with Crippen molar-refractivity contribution in [2.24, 2.45) is 11.7 Å². The molecule has 0 aliphatic heterocycles. The van der Waals surface area contributed by atoms with Crippen LogP contribution < -0.4 is 10.5 Å². The molecule has 0 saturated carbocycles. The predicted octanol–water partition coefficient (Wildman–Crippen LogP) is 7.85. The maximum Gasteiger partial charge on any atom is 0.209 e. The highest BCUT2D eigenvalue weighted by Crippen LogP contribution is 2.37. The summed E-state index contributed by atoms with van der Waals surface area (Å²) in [4.78, 5) is 8.58. The molecule has 1 aromatic heterocycles. The average molecular weight is 505 g/mol. The van der Waals surface area contributed by atoms with Gasteiger partial charge in [-0.15, -0.1) is 0 Å². The molecule has 1 heterocycles. The molecule has 5 nitrogen and oxygen atoms in total. The van der Waals surface area contributed by atoms with Crippen LogP contribution in [0.1, 0.15) is 64.0 Å². The summed E-state index contributed by atoms with van der Waals surface area (Å²) in [6, 6.07) is 16.2. The number of primary amides is 1. The minimum Gasteiger partial charge on any atom is -0.480 e. The van der Waals surface area contributed by atoms with Gasteiger partial charge in [-0.05, 0) is 43.6 Å². The number of aromatic nitrogens is 1. The van der Waals surface area contributed by atoms with Crippen molar-refractivity contribution in [1.82, 2.24) is 5.16 Å². The summed E-state index contributed by atoms with van der Waals surface area (Å²) in [5.41, 5.74) is 8.11. The summed E-state index contributed by atoms with van der Waals surface area (Å²) in [6.07, 6.45) is 1.29. The Bertz CT molecular complexity index is 974. The van der Waals surface area contributed by atoms with Crippen molar-refractivity contribution < 1.29 is 14.1 Å². The molecule has 2 N–H and O–H groups in total. The lowest BCUT2D eigenvalue weighted by atomic mass is 10.1. The Hall–Kier alpha value is -2.44. The Balaban J connectivity index is 0.00000107. The molecule has 0 fully saturated rings. The molecular formula is C27H37ClN2O3S. The minimum atomic E-state index is -0.211. The highest BCUT2D eigenvalue weighted by atomic mass is 35.5. The zero-order valence-electron chi connectivity index (χ0n) is 21.0. The average Bonchev–Trinajstić information content (AvgIpc) is 3.19. The van der Waals surface area contributed by atoms with Gasteiger partial charge in [-0.1, -0.05) is 86.9 Å². The number of amides is 1. The Morgan fingerprint density at radius 2 is 1.74 bits per heavy atom. The van der Waals surface area contributed by atoms with Crippen LogP contribution in [0.25, 0.3) is 11.3 Å². The number of nitrogens with zero attached hydrogens (tertiary/aromatic N) is 1. The Labute approximate surface area is 213 Å². The molecule has 186 valence electrons. The summed E-state index contributed by atoms with van der Waals surface area (Å²) in [6.45, 7) is 12.4. The van der Waals surface area contributed by atoms with Crippen molar-refractivity contribution >= 4 is 29.8 Å². The first-order chi connectivity index (χ1) is 16.4. The molecule has 34 heavy (non-hydrogen) atoms. The number of hydrogen-bond donors (Lipinski definition) is 1. The molecule has 1 amide bonds. The van der Waals surface area contributed by atoms with E-state index in [1.807, 2.05) is 63.7 Å². The molecule has 0 aliphatic rings. The lowest BCUT2D eigenvalue weighted by Crippen LogP contribution is -2.04. The fourth-order valence-corrected chi connectivity index (χ4v) is 4.49. The van der Waals surface area contributed by atoms with Crippen LogP contribution in [0, 0.1) is 12.8 Å². The van der Waals surface area contributed by atoms with Gasteiger partial charge in [0.2, 0.25) is 12.2 Å². The molecule has 3 rings (SSSR count). The van der Waals surface area contributed by atoms with Crippen molar-refractivity contribution in [3.05, 3.63) is 70.4 Å². The van der Waals surface area contributed by atoms with Gasteiger partial charge in [0, 0.05) is 21.9 Å². The van der Waals surface area contributed by atoms with Gasteiger partial charge in [0.1, 0.15) is 11.8 Å². The van der Waals surface area contributed by atoms with E-state index in [0.29, 0.717) is 16.5 Å². The Kier molecular flexibility index (Phi) is 14.1. The smallest absolute Gasteiger partial charge is 0.209 e. The van der Waals surface area contributed by atoms with Crippen molar-refractivity contribution in [2.45, 2.75) is 59.8 Å². The van der Waals surface area contributed by atoms with Crippen LogP contribution in [0.2, 0.25) is 5.02 Å². The third-order valence-corrected chi connectivity index (χ3v) is 6.18. The maximum absolute atomic E-state index is 8.58. The third-order valence-electron chi connectivity index (χ3n) is 4.77. The van der Waals surface area contributed by atoms with Crippen LogP contribution >= 0.6 is 23.4 Å². The number of rotatable bonds is 9. The van der Waals surface area contributed by atoms with E-state index in [2.05, 4.69) is 49.0 Å². The highest BCUT2D eigenvalue weighted by Gasteiger charge is 2.20. The van der Waals surface area contributed by atoms with E-state index in [4.69, 9.17) is 25.7 Å². The summed E-state index contributed by atoms with van der Waals surface area (Å²) < 4.78 is 11.8. The zero-order chi connectivity index (χ0) is 25.5. The van der Waals surface area contributed by atoms with E-state index < -0.39 is 0 Å². The van der Waals surface area contributed by atoms with Gasteiger partial charge in [0.25, 0.3) is 0 Å². The van der Waals surface area contributed by atoms with E-state index in [-0.39, 0.29) is 12.5 Å². The van der Waals surface area contributed by atoms with Crippen molar-refractivity contribution in [3.63, 3.8) is 0 Å². The fourth-order valence-electron chi connectivity index (χ4n) is 2.99. The van der Waals surface area contributed by atoms with Crippen LogP contribution in [-0.4, -0.2) is 17.3 Å². The number of benzene rings is 2. The van der Waals surface area contributed by atoms with E-state index in [9.17, 15) is 0 Å². The van der Waals surface area contributed by atoms with Gasteiger partial charge < -0.3 is 15.0 Å². The lowest BCUT2D eigenvalue weighted by Gasteiger charge is -2.16. The molecule has 2 aromatic carbocycles. The standard InChI is InChI=1S/C24H28ClNO2S.C2H6.CH3NO/c1-16(2)13-14-29-15-19-9-11-20(12-10-19)24-23(17(3)26-28-24)27-18(4)21-7-5-6-8-22(21)25;1-2;2-1-3/h5-12,16,18H,13-15H2,1-4H3;1-2H3;1H,(H2,2,3). The number of hydrogen-bond acceptors (Lipinski definition) is 5. The second-order valence-electron chi connectivity index (χ2n) is 7.78. The van der Waals surface area contributed by atoms with Crippen LogP contribution in [0.3, 0.4) is 0 Å². The van der Waals surface area contributed by atoms with Crippen LogP contribution in [0.15, 0.2) is 53.1 Å². The first-order valence-corrected chi connectivity index (χ1v) is 13.1. The summed E-state index contributed by atoms with van der Waals surface area (Å²) in [5.74, 6) is 4.29. The first kappa shape index (κ1) is 29.6. The number of halogens is 1. The first-order valence-electron chi connectivity index (χ1n) is 11.6. The molecule has 0 spiro atoms. The van der Waals surface area contributed by atoms with Crippen LogP contribution in [0.5, 0.6) is 5.75 Å². The van der Waals surface area contributed by atoms with E-state index in [1.165, 1.54) is 17.7 Å². The fraction of sp³-hybridized carbons (Fsp3) is 0.407. The van der Waals surface area contributed by atoms with Crippen LogP contribution in [-0.2, 0) is 10.5 Å². The van der Waals surface area contributed by atoms with Gasteiger partial charge in [0.15, 0.2) is 5.75 Å². The molecular weight excluding hydrogens is 468 g/mol. The zero-order valence-corrected chi connectivity index (χ0v) is 22.6. The number of carbonyl (C=O) groups excluding carboxylic acids is 1. The van der Waals surface area contributed by atoms with Gasteiger partial charge in [-0.25, -0.2) is 0 Å². The number of carbonyl (C=O) groups is 1. The summed E-state index contributed by atoms with van der Waals surface area (Å²) in [7, 11) is 0. The van der Waals surface area contributed by atoms with Gasteiger partial charge >= 0.3 is 0 Å². The van der Waals surface area contributed by atoms with E-state index in [1.54, 1.807) is 0 Å². The van der Waals surface area contributed by atoms with Crippen molar-refractivity contribution in [2.75, 3.05) is 5.75 Å². The molecule has 0 radical (unpaired) electrons.